The standard InChI is InChI=1S/C14H15BrClN3/c1-9-6-11(2-3-12(9)15)14(19-17)7-10-4-5-18-8-13(10)16/h2-6,8,14,19H,7,17H2,1H3. The summed E-state index contributed by atoms with van der Waals surface area (Å²) >= 11 is 9.63. The lowest BCUT2D eigenvalue weighted by Crippen LogP contribution is -2.29. The van der Waals surface area contributed by atoms with Gasteiger partial charge in [0.25, 0.3) is 0 Å². The zero-order valence-corrected chi connectivity index (χ0v) is 12.9. The van der Waals surface area contributed by atoms with Crippen LogP contribution in [0.4, 0.5) is 0 Å². The minimum Gasteiger partial charge on any atom is -0.271 e. The largest absolute Gasteiger partial charge is 0.271 e. The van der Waals surface area contributed by atoms with E-state index in [1.54, 1.807) is 12.4 Å². The van der Waals surface area contributed by atoms with Crippen LogP contribution in [-0.4, -0.2) is 4.98 Å². The number of rotatable bonds is 4. The van der Waals surface area contributed by atoms with Gasteiger partial charge in [0.2, 0.25) is 0 Å². The van der Waals surface area contributed by atoms with E-state index in [0.717, 1.165) is 22.0 Å². The highest BCUT2D eigenvalue weighted by Crippen LogP contribution is 2.25. The van der Waals surface area contributed by atoms with Crippen LogP contribution in [0.5, 0.6) is 0 Å². The van der Waals surface area contributed by atoms with Crippen molar-refractivity contribution < 1.29 is 0 Å². The Morgan fingerprint density at radius 3 is 2.84 bits per heavy atom. The topological polar surface area (TPSA) is 50.9 Å². The number of pyridine rings is 1. The van der Waals surface area contributed by atoms with Gasteiger partial charge < -0.3 is 0 Å². The number of benzene rings is 1. The Morgan fingerprint density at radius 2 is 2.21 bits per heavy atom. The van der Waals surface area contributed by atoms with Crippen LogP contribution in [-0.2, 0) is 6.42 Å². The molecule has 3 nitrogen and oxygen atoms in total. The molecule has 0 bridgehead atoms. The molecule has 0 amide bonds. The van der Waals surface area contributed by atoms with Gasteiger partial charge in [0.1, 0.15) is 0 Å². The van der Waals surface area contributed by atoms with Crippen LogP contribution in [0.2, 0.25) is 5.02 Å². The third-order valence-corrected chi connectivity index (χ3v) is 4.30. The van der Waals surface area contributed by atoms with Crippen LogP contribution in [0.25, 0.3) is 0 Å². The molecule has 0 aliphatic carbocycles. The molecule has 1 heterocycles. The molecule has 0 aliphatic heterocycles. The SMILES string of the molecule is Cc1cc(C(Cc2ccncc2Cl)NN)ccc1Br. The Bertz CT molecular complexity index is 574. The van der Waals surface area contributed by atoms with Crippen LogP contribution in [0.1, 0.15) is 22.7 Å². The molecule has 1 aromatic heterocycles. The molecule has 0 saturated heterocycles. The monoisotopic (exact) mass is 339 g/mol. The second kappa shape index (κ2) is 6.48. The Labute approximate surface area is 126 Å². The van der Waals surface area contributed by atoms with E-state index in [4.69, 9.17) is 17.4 Å². The number of nitrogens with two attached hydrogens (primary N) is 1. The first-order chi connectivity index (χ1) is 9.11. The van der Waals surface area contributed by atoms with Crippen molar-refractivity contribution in [2.24, 2.45) is 5.84 Å². The Kier molecular flexibility index (Phi) is 4.93. The summed E-state index contributed by atoms with van der Waals surface area (Å²) in [6, 6.07) is 8.13. The highest BCUT2D eigenvalue weighted by molar-refractivity contribution is 9.10. The lowest BCUT2D eigenvalue weighted by Gasteiger charge is -2.18. The fraction of sp³-hybridized carbons (Fsp3) is 0.214. The van der Waals surface area contributed by atoms with Gasteiger partial charge in [0.05, 0.1) is 11.1 Å². The van der Waals surface area contributed by atoms with Gasteiger partial charge in [-0.1, -0.05) is 39.7 Å². The lowest BCUT2D eigenvalue weighted by molar-refractivity contribution is 0.551. The van der Waals surface area contributed by atoms with Crippen LogP contribution in [0.15, 0.2) is 41.1 Å². The van der Waals surface area contributed by atoms with E-state index in [1.165, 1.54) is 5.56 Å². The number of hydrazine groups is 1. The number of nitrogens with zero attached hydrogens (tertiary/aromatic N) is 1. The van der Waals surface area contributed by atoms with Crippen LogP contribution >= 0.6 is 27.5 Å². The highest BCUT2D eigenvalue weighted by Gasteiger charge is 2.13. The summed E-state index contributed by atoms with van der Waals surface area (Å²) < 4.78 is 1.09. The number of hydrogen-bond acceptors (Lipinski definition) is 3. The van der Waals surface area contributed by atoms with E-state index in [0.29, 0.717) is 5.02 Å². The molecule has 1 unspecified atom stereocenters. The minimum absolute atomic E-state index is 0.0201. The fourth-order valence-electron chi connectivity index (χ4n) is 1.95. The number of aryl methyl sites for hydroxylation is 1. The zero-order chi connectivity index (χ0) is 13.8. The van der Waals surface area contributed by atoms with E-state index in [-0.39, 0.29) is 6.04 Å². The van der Waals surface area contributed by atoms with Gasteiger partial charge >= 0.3 is 0 Å². The van der Waals surface area contributed by atoms with Gasteiger partial charge in [-0.05, 0) is 42.2 Å². The molecular formula is C14H15BrClN3. The van der Waals surface area contributed by atoms with Crippen molar-refractivity contribution in [3.8, 4) is 0 Å². The van der Waals surface area contributed by atoms with Crippen molar-refractivity contribution in [1.29, 1.82) is 0 Å². The maximum atomic E-state index is 6.13. The molecule has 1 atom stereocenters. The second-order valence-electron chi connectivity index (χ2n) is 4.40. The van der Waals surface area contributed by atoms with Crippen molar-refractivity contribution in [1.82, 2.24) is 10.4 Å². The van der Waals surface area contributed by atoms with Gasteiger partial charge in [-0.2, -0.15) is 0 Å². The van der Waals surface area contributed by atoms with E-state index in [1.807, 2.05) is 12.1 Å². The quantitative estimate of drug-likeness (QED) is 0.661. The summed E-state index contributed by atoms with van der Waals surface area (Å²) in [6.07, 6.45) is 4.11. The summed E-state index contributed by atoms with van der Waals surface area (Å²) in [5.41, 5.74) is 6.19. The van der Waals surface area contributed by atoms with Crippen LogP contribution in [0, 0.1) is 6.92 Å². The molecule has 0 radical (unpaired) electrons. The average molecular weight is 341 g/mol. The predicted molar refractivity (Wildman–Crippen MR) is 81.9 cm³/mol. The molecule has 0 fully saturated rings. The maximum absolute atomic E-state index is 6.13. The third-order valence-electron chi connectivity index (χ3n) is 3.07. The zero-order valence-electron chi connectivity index (χ0n) is 10.5. The molecule has 2 rings (SSSR count). The van der Waals surface area contributed by atoms with Crippen molar-refractivity contribution in [3.05, 3.63) is 62.8 Å². The molecule has 5 heteroatoms. The normalized spacial score (nSPS) is 12.4. The average Bonchev–Trinajstić information content (AvgIpc) is 2.41. The number of aromatic nitrogens is 1. The highest BCUT2D eigenvalue weighted by atomic mass is 79.9. The molecular weight excluding hydrogens is 326 g/mol. The molecule has 1 aromatic carbocycles. The van der Waals surface area contributed by atoms with E-state index >= 15 is 0 Å². The fourth-order valence-corrected chi connectivity index (χ4v) is 2.39. The van der Waals surface area contributed by atoms with Crippen LogP contribution in [0.3, 0.4) is 0 Å². The number of halogens is 2. The first-order valence-corrected chi connectivity index (χ1v) is 7.09. The van der Waals surface area contributed by atoms with Gasteiger partial charge in [-0.25, -0.2) is 0 Å². The van der Waals surface area contributed by atoms with E-state index < -0.39 is 0 Å². The molecule has 2 aromatic rings. The van der Waals surface area contributed by atoms with Crippen molar-refractivity contribution >= 4 is 27.5 Å². The Hall–Kier alpha value is -0.940. The first-order valence-electron chi connectivity index (χ1n) is 5.92. The number of nitrogens with one attached hydrogen (secondary N) is 1. The van der Waals surface area contributed by atoms with Crippen molar-refractivity contribution in [3.63, 3.8) is 0 Å². The maximum Gasteiger partial charge on any atom is 0.0622 e. The first kappa shape index (κ1) is 14.5. The van der Waals surface area contributed by atoms with E-state index in [9.17, 15) is 0 Å². The summed E-state index contributed by atoms with van der Waals surface area (Å²) in [5, 5.41) is 0.664. The van der Waals surface area contributed by atoms with Crippen molar-refractivity contribution in [2.75, 3.05) is 0 Å². The minimum atomic E-state index is 0.0201. The van der Waals surface area contributed by atoms with E-state index in [2.05, 4.69) is 45.4 Å². The molecule has 19 heavy (non-hydrogen) atoms. The van der Waals surface area contributed by atoms with Gasteiger partial charge in [-0.3, -0.25) is 16.3 Å². The molecule has 0 aliphatic rings. The van der Waals surface area contributed by atoms with Gasteiger partial charge in [0, 0.05) is 16.9 Å². The summed E-state index contributed by atoms with van der Waals surface area (Å²) in [7, 11) is 0. The summed E-state index contributed by atoms with van der Waals surface area (Å²) in [4.78, 5) is 3.99. The Balaban J connectivity index is 2.25. The molecule has 3 N–H and O–H groups in total. The van der Waals surface area contributed by atoms with Gasteiger partial charge in [-0.15, -0.1) is 0 Å². The molecule has 0 saturated carbocycles. The molecule has 100 valence electrons. The smallest absolute Gasteiger partial charge is 0.0622 e. The summed E-state index contributed by atoms with van der Waals surface area (Å²) in [5.74, 6) is 5.67. The second-order valence-corrected chi connectivity index (χ2v) is 5.66. The predicted octanol–water partition coefficient (Wildman–Crippen LogP) is 3.55. The summed E-state index contributed by atoms with van der Waals surface area (Å²) in [6.45, 7) is 2.06. The third kappa shape index (κ3) is 3.54. The lowest BCUT2D eigenvalue weighted by atomic mass is 9.98. The number of hydrogen-bond donors (Lipinski definition) is 2. The molecule has 0 spiro atoms. The van der Waals surface area contributed by atoms with Crippen molar-refractivity contribution in [2.45, 2.75) is 19.4 Å². The van der Waals surface area contributed by atoms with Crippen LogP contribution < -0.4 is 11.3 Å². The van der Waals surface area contributed by atoms with Gasteiger partial charge in [0.15, 0.2) is 0 Å². The Morgan fingerprint density at radius 1 is 1.42 bits per heavy atom.